The van der Waals surface area contributed by atoms with Gasteiger partial charge in [0.2, 0.25) is 0 Å². The molecule has 0 saturated carbocycles. The molecule has 0 aliphatic carbocycles. The molecule has 0 saturated heterocycles. The monoisotopic (exact) mass is 674 g/mol. The summed E-state index contributed by atoms with van der Waals surface area (Å²) in [5.74, 6) is 0. The molecule has 38 heavy (non-hydrogen) atoms. The molecule has 0 spiro atoms. The van der Waals surface area contributed by atoms with E-state index in [1.54, 1.807) is 6.20 Å². The van der Waals surface area contributed by atoms with Gasteiger partial charge < -0.3 is 19.7 Å². The van der Waals surface area contributed by atoms with Gasteiger partial charge in [-0.25, -0.2) is 0 Å². The summed E-state index contributed by atoms with van der Waals surface area (Å²) in [6.45, 7) is 8.97. The van der Waals surface area contributed by atoms with E-state index in [1.165, 1.54) is 33.5 Å². The van der Waals surface area contributed by atoms with E-state index in [1.807, 2.05) is 42.5 Å². The van der Waals surface area contributed by atoms with Gasteiger partial charge in [0, 0.05) is 17.4 Å². The minimum absolute atomic E-state index is 0. The maximum Gasteiger partial charge on any atom is 3.00 e. The Morgan fingerprint density at radius 2 is 1.55 bits per heavy atom. The van der Waals surface area contributed by atoms with Crippen LogP contribution in [0.15, 0.2) is 97.2 Å². The quantitative estimate of drug-likeness (QED) is 0.168. The minimum atomic E-state index is 0. The van der Waals surface area contributed by atoms with E-state index < -0.39 is 0 Å². The molecule has 7 rings (SSSR count). The maximum atomic E-state index is 4.22. The molecule has 3 heterocycles. The zero-order valence-corrected chi connectivity index (χ0v) is 24.3. The maximum absolute atomic E-state index is 4.22. The molecule has 4 aromatic carbocycles. The van der Waals surface area contributed by atoms with Crippen molar-refractivity contribution in [2.75, 3.05) is 21.7 Å². The molecule has 190 valence electrons. The molecule has 0 fully saturated rings. The molecule has 5 heteroatoms. The molecule has 5 aromatic rings. The van der Waals surface area contributed by atoms with Gasteiger partial charge in [-0.1, -0.05) is 42.1 Å². The largest absolute Gasteiger partial charge is 3.00 e. The van der Waals surface area contributed by atoms with Crippen molar-refractivity contribution in [3.05, 3.63) is 116 Å². The second-order valence-electron chi connectivity index (χ2n) is 10.3. The molecule has 0 bridgehead atoms. The van der Waals surface area contributed by atoms with E-state index in [0.717, 1.165) is 16.9 Å². The van der Waals surface area contributed by atoms with E-state index in [2.05, 4.69) is 115 Å². The molecule has 0 amide bonds. The normalized spacial score (nSPS) is 13.3. The molecule has 4 nitrogen and oxygen atoms in total. The SMILES string of the molecule is CN1c2cccc3c2N([CH-]N3C(C)(C)C)c2[c-]cc3ccccc3c21.[Ir+3].[c-]1ccccc1-c1ccccn1. The Morgan fingerprint density at radius 3 is 2.29 bits per heavy atom. The number of hydrogen-bond donors (Lipinski definition) is 0. The van der Waals surface area contributed by atoms with Gasteiger partial charge in [0.1, 0.15) is 0 Å². The van der Waals surface area contributed by atoms with Gasteiger partial charge in [-0.3, -0.25) is 0 Å². The van der Waals surface area contributed by atoms with Crippen LogP contribution < -0.4 is 14.7 Å². The van der Waals surface area contributed by atoms with Gasteiger partial charge in [0.25, 0.3) is 0 Å². The second-order valence-corrected chi connectivity index (χ2v) is 10.3. The van der Waals surface area contributed by atoms with Gasteiger partial charge in [0.05, 0.1) is 11.4 Å². The van der Waals surface area contributed by atoms with E-state index in [-0.39, 0.29) is 25.6 Å². The van der Waals surface area contributed by atoms with Crippen LogP contribution in [0.1, 0.15) is 20.8 Å². The smallest absolute Gasteiger partial charge is 0.497 e. The standard InChI is InChI=1S/C22H21N3.C11H8N.Ir/c1-22(2,3)25-14-24-18-13-12-15-8-5-6-9-16(15)20(18)23(4)17-10-7-11-19(25)21(17)24;1-2-6-10(7-3-1)11-8-4-5-9-12-11;/h5-12,14H,1-4H3;1-6,8-9H;/q-2;-1;+3. The van der Waals surface area contributed by atoms with Crippen molar-refractivity contribution in [2.24, 2.45) is 0 Å². The molecular formula is C33H29IrN4. The van der Waals surface area contributed by atoms with Crippen molar-refractivity contribution in [3.8, 4) is 11.3 Å². The topological polar surface area (TPSA) is 22.6 Å². The fourth-order valence-corrected chi connectivity index (χ4v) is 5.07. The molecular weight excluding hydrogens is 645 g/mol. The summed E-state index contributed by atoms with van der Waals surface area (Å²) in [4.78, 5) is 11.2. The Hall–Kier alpha value is -3.66. The van der Waals surface area contributed by atoms with Crippen LogP contribution in [0.3, 0.4) is 0 Å². The minimum Gasteiger partial charge on any atom is -0.497 e. The van der Waals surface area contributed by atoms with E-state index in [0.29, 0.717) is 0 Å². The molecule has 0 radical (unpaired) electrons. The molecule has 0 N–H and O–H groups in total. The second kappa shape index (κ2) is 10.2. The van der Waals surface area contributed by atoms with Crippen LogP contribution in [0.2, 0.25) is 0 Å². The Kier molecular flexibility index (Phi) is 7.00. The van der Waals surface area contributed by atoms with Gasteiger partial charge in [-0.15, -0.1) is 52.7 Å². The summed E-state index contributed by atoms with van der Waals surface area (Å²) in [5, 5.41) is 2.48. The first-order valence-corrected chi connectivity index (χ1v) is 12.6. The zero-order valence-electron chi connectivity index (χ0n) is 21.9. The summed E-state index contributed by atoms with van der Waals surface area (Å²) in [6, 6.07) is 37.6. The fraction of sp³-hybridized carbons (Fsp3) is 0.152. The van der Waals surface area contributed by atoms with Crippen molar-refractivity contribution < 1.29 is 20.1 Å². The molecule has 2 aliphatic rings. The summed E-state index contributed by atoms with van der Waals surface area (Å²) in [7, 11) is 2.16. The predicted molar refractivity (Wildman–Crippen MR) is 154 cm³/mol. The summed E-state index contributed by atoms with van der Waals surface area (Å²) >= 11 is 0. The zero-order chi connectivity index (χ0) is 25.6. The third-order valence-electron chi connectivity index (χ3n) is 6.84. The van der Waals surface area contributed by atoms with Gasteiger partial charge in [-0.05, 0) is 57.4 Å². The number of rotatable bonds is 1. The van der Waals surface area contributed by atoms with Gasteiger partial charge >= 0.3 is 20.1 Å². The van der Waals surface area contributed by atoms with E-state index >= 15 is 0 Å². The first kappa shape index (κ1) is 26.0. The summed E-state index contributed by atoms with van der Waals surface area (Å²) in [6.07, 6.45) is 1.79. The molecule has 2 aliphatic heterocycles. The van der Waals surface area contributed by atoms with Gasteiger partial charge in [-0.2, -0.15) is 18.8 Å². The van der Waals surface area contributed by atoms with Crippen LogP contribution in [-0.4, -0.2) is 17.6 Å². The average Bonchev–Trinajstić information content (AvgIpc) is 3.34. The molecule has 0 unspecified atom stereocenters. The van der Waals surface area contributed by atoms with Crippen LogP contribution in [0.4, 0.5) is 28.4 Å². The average molecular weight is 674 g/mol. The van der Waals surface area contributed by atoms with Crippen molar-refractivity contribution >= 4 is 39.2 Å². The number of aromatic nitrogens is 1. The van der Waals surface area contributed by atoms with Crippen molar-refractivity contribution in [3.63, 3.8) is 0 Å². The van der Waals surface area contributed by atoms with Crippen LogP contribution in [-0.2, 0) is 20.1 Å². The first-order valence-electron chi connectivity index (χ1n) is 12.6. The molecule has 0 atom stereocenters. The van der Waals surface area contributed by atoms with Crippen LogP contribution in [0.25, 0.3) is 22.0 Å². The Morgan fingerprint density at radius 1 is 0.789 bits per heavy atom. The third-order valence-corrected chi connectivity index (χ3v) is 6.84. The van der Waals surface area contributed by atoms with Crippen molar-refractivity contribution in [1.82, 2.24) is 4.98 Å². The van der Waals surface area contributed by atoms with E-state index in [9.17, 15) is 0 Å². The van der Waals surface area contributed by atoms with Crippen LogP contribution in [0, 0.1) is 18.8 Å². The number of para-hydroxylation sites is 1. The number of pyridine rings is 1. The van der Waals surface area contributed by atoms with Gasteiger partial charge in [0.15, 0.2) is 0 Å². The summed E-state index contributed by atoms with van der Waals surface area (Å²) in [5.41, 5.74) is 8.10. The Bertz CT molecular complexity index is 1520. The number of hydrogen-bond acceptors (Lipinski definition) is 4. The number of benzene rings is 4. The predicted octanol–water partition coefficient (Wildman–Crippen LogP) is 8.14. The Labute approximate surface area is 238 Å². The van der Waals surface area contributed by atoms with E-state index in [4.69, 9.17) is 0 Å². The van der Waals surface area contributed by atoms with Crippen LogP contribution >= 0.6 is 0 Å². The third kappa shape index (κ3) is 4.47. The Balaban J connectivity index is 0.000000191. The summed E-state index contributed by atoms with van der Waals surface area (Å²) < 4.78 is 0. The number of nitrogens with zero attached hydrogens (tertiary/aromatic N) is 4. The van der Waals surface area contributed by atoms with Crippen LogP contribution in [0.5, 0.6) is 0 Å². The first-order chi connectivity index (χ1) is 17.9. The van der Waals surface area contributed by atoms with Crippen molar-refractivity contribution in [1.29, 1.82) is 0 Å². The number of fused-ring (bicyclic) bond motifs is 4. The van der Waals surface area contributed by atoms with Crippen molar-refractivity contribution in [2.45, 2.75) is 26.3 Å². The molecule has 1 aromatic heterocycles. The number of anilines is 5. The fourth-order valence-electron chi connectivity index (χ4n) is 5.07.